The van der Waals surface area contributed by atoms with Gasteiger partial charge in [0.25, 0.3) is 11.8 Å². The smallest absolute Gasteiger partial charge is 0.370 e. The number of halogens is 3. The molecule has 0 radical (unpaired) electrons. The van der Waals surface area contributed by atoms with Gasteiger partial charge in [0.15, 0.2) is 6.04 Å². The van der Waals surface area contributed by atoms with E-state index in [1.807, 2.05) is 34.6 Å². The number of nitrogens with zero attached hydrogens (tertiary/aromatic N) is 2. The minimum absolute atomic E-state index is 0.0195. The molecule has 1 aliphatic heterocycles. The molecule has 1 saturated heterocycles. The quantitative estimate of drug-likeness (QED) is 0.550. The van der Waals surface area contributed by atoms with Crippen LogP contribution in [0.5, 0.6) is 0 Å². The molecule has 1 heterocycles. The molecular formula is C23H33F3N4O4. The minimum atomic E-state index is -4.78. The summed E-state index contributed by atoms with van der Waals surface area (Å²) < 4.78 is 46.5. The van der Waals surface area contributed by atoms with Crippen molar-refractivity contribution in [2.45, 2.75) is 46.8 Å². The summed E-state index contributed by atoms with van der Waals surface area (Å²) in [5.74, 6) is -2.19. The van der Waals surface area contributed by atoms with Gasteiger partial charge in [-0.3, -0.25) is 19.3 Å². The van der Waals surface area contributed by atoms with Crippen molar-refractivity contribution >= 4 is 29.1 Å². The summed E-state index contributed by atoms with van der Waals surface area (Å²) in [6, 6.07) is 1.78. The van der Waals surface area contributed by atoms with Crippen LogP contribution in [0, 0.1) is 11.3 Å². The second-order valence-electron chi connectivity index (χ2n) is 10.0. The number of benzene rings is 1. The number of primary amides is 1. The van der Waals surface area contributed by atoms with E-state index in [0.29, 0.717) is 13.1 Å². The molecule has 3 N–H and O–H groups in total. The number of carbonyl (C=O) groups is 3. The lowest BCUT2D eigenvalue weighted by molar-refractivity contribution is -0.138. The zero-order valence-electron chi connectivity index (χ0n) is 20.2. The Hall–Kier alpha value is -2.66. The Balaban J connectivity index is 2.38. The van der Waals surface area contributed by atoms with Crippen molar-refractivity contribution in [3.8, 4) is 0 Å². The van der Waals surface area contributed by atoms with Gasteiger partial charge < -0.3 is 20.7 Å². The standard InChI is InChI=1S/C23H33F3N4O4/c1-14(2)11-29(13-22(3,4)5)19(20(27)32)21(33)28-15-6-7-17(16(10-15)23(24,25)26)30-8-9-34-12-18(30)31/h6-7,10,14,19H,8-9,11-13H2,1-5H3,(H2,27,32)(H,28,33)/t19-/m1/s1. The van der Waals surface area contributed by atoms with Gasteiger partial charge in [-0.25, -0.2) is 0 Å². The number of nitrogens with two attached hydrogens (primary N) is 1. The molecule has 34 heavy (non-hydrogen) atoms. The van der Waals surface area contributed by atoms with Crippen molar-refractivity contribution < 1.29 is 32.3 Å². The van der Waals surface area contributed by atoms with E-state index in [-0.39, 0.29) is 42.5 Å². The topological polar surface area (TPSA) is 105 Å². The highest BCUT2D eigenvalue weighted by atomic mass is 19.4. The number of nitrogens with one attached hydrogen (secondary N) is 1. The summed E-state index contributed by atoms with van der Waals surface area (Å²) in [5.41, 5.74) is 3.72. The maximum atomic E-state index is 13.8. The third-order valence-corrected chi connectivity index (χ3v) is 5.01. The van der Waals surface area contributed by atoms with E-state index in [4.69, 9.17) is 10.5 Å². The monoisotopic (exact) mass is 486 g/mol. The van der Waals surface area contributed by atoms with Crippen molar-refractivity contribution in [1.82, 2.24) is 4.90 Å². The summed E-state index contributed by atoms with van der Waals surface area (Å²) in [7, 11) is 0. The number of anilines is 2. The molecule has 0 aromatic heterocycles. The molecule has 0 bridgehead atoms. The van der Waals surface area contributed by atoms with Crippen molar-refractivity contribution in [2.75, 3.05) is 43.1 Å². The molecule has 190 valence electrons. The Morgan fingerprint density at radius 1 is 1.24 bits per heavy atom. The molecule has 8 nitrogen and oxygen atoms in total. The Labute approximate surface area is 197 Å². The lowest BCUT2D eigenvalue weighted by Crippen LogP contribution is -2.55. The van der Waals surface area contributed by atoms with E-state index in [1.54, 1.807) is 4.90 Å². The van der Waals surface area contributed by atoms with E-state index in [9.17, 15) is 27.6 Å². The van der Waals surface area contributed by atoms with E-state index < -0.39 is 35.5 Å². The van der Waals surface area contributed by atoms with E-state index in [2.05, 4.69) is 5.32 Å². The predicted molar refractivity (Wildman–Crippen MR) is 122 cm³/mol. The van der Waals surface area contributed by atoms with Crippen LogP contribution in [0.2, 0.25) is 0 Å². The van der Waals surface area contributed by atoms with Crippen LogP contribution < -0.4 is 16.0 Å². The Bertz CT molecular complexity index is 912. The molecule has 3 amide bonds. The molecule has 1 aromatic rings. The van der Waals surface area contributed by atoms with Crippen molar-refractivity contribution in [3.05, 3.63) is 23.8 Å². The van der Waals surface area contributed by atoms with Gasteiger partial charge in [0.05, 0.1) is 17.9 Å². The maximum Gasteiger partial charge on any atom is 0.418 e. The number of hydrogen-bond acceptors (Lipinski definition) is 5. The van der Waals surface area contributed by atoms with Gasteiger partial charge in [0.2, 0.25) is 5.91 Å². The highest BCUT2D eigenvalue weighted by Crippen LogP contribution is 2.39. The van der Waals surface area contributed by atoms with Crippen LogP contribution in [-0.2, 0) is 25.3 Å². The molecule has 1 aromatic carbocycles. The van der Waals surface area contributed by atoms with Crippen molar-refractivity contribution in [3.63, 3.8) is 0 Å². The molecular weight excluding hydrogens is 453 g/mol. The van der Waals surface area contributed by atoms with Gasteiger partial charge in [0, 0.05) is 25.3 Å². The largest absolute Gasteiger partial charge is 0.418 e. The molecule has 0 aliphatic carbocycles. The molecule has 0 saturated carbocycles. The number of morpholine rings is 1. The van der Waals surface area contributed by atoms with Crippen molar-refractivity contribution in [1.29, 1.82) is 0 Å². The first-order chi connectivity index (χ1) is 15.6. The van der Waals surface area contributed by atoms with Crippen molar-refractivity contribution in [2.24, 2.45) is 17.1 Å². The predicted octanol–water partition coefficient (Wildman–Crippen LogP) is 2.87. The summed E-state index contributed by atoms with van der Waals surface area (Å²) in [6.07, 6.45) is -4.78. The molecule has 1 aliphatic rings. The Morgan fingerprint density at radius 3 is 2.38 bits per heavy atom. The van der Waals surface area contributed by atoms with Gasteiger partial charge in [-0.05, 0) is 29.5 Å². The fourth-order valence-electron chi connectivity index (χ4n) is 3.87. The first kappa shape index (κ1) is 27.6. The number of ether oxygens (including phenoxy) is 1. The van der Waals surface area contributed by atoms with Crippen LogP contribution in [-0.4, -0.2) is 61.5 Å². The fraction of sp³-hybridized carbons (Fsp3) is 0.609. The summed E-state index contributed by atoms with van der Waals surface area (Å²) in [5, 5.41) is 2.41. The first-order valence-electron chi connectivity index (χ1n) is 11.0. The second kappa shape index (κ2) is 10.7. The first-order valence-corrected chi connectivity index (χ1v) is 11.0. The van der Waals surface area contributed by atoms with Crippen LogP contribution in [0.15, 0.2) is 18.2 Å². The van der Waals surface area contributed by atoms with Crippen LogP contribution in [0.25, 0.3) is 0 Å². The lowest BCUT2D eigenvalue weighted by Gasteiger charge is -2.35. The zero-order valence-corrected chi connectivity index (χ0v) is 20.2. The average Bonchev–Trinajstić information content (AvgIpc) is 2.65. The van der Waals surface area contributed by atoms with Crippen LogP contribution in [0.1, 0.15) is 40.2 Å². The molecule has 1 fully saturated rings. The summed E-state index contributed by atoms with van der Waals surface area (Å²) >= 11 is 0. The normalized spacial score (nSPS) is 16.2. The Morgan fingerprint density at radius 2 is 1.88 bits per heavy atom. The third kappa shape index (κ3) is 7.42. The number of carbonyl (C=O) groups excluding carboxylic acids is 3. The third-order valence-electron chi connectivity index (χ3n) is 5.01. The van der Waals surface area contributed by atoms with Gasteiger partial charge in [0.1, 0.15) is 6.61 Å². The van der Waals surface area contributed by atoms with Crippen LogP contribution in [0.3, 0.4) is 0 Å². The zero-order chi connectivity index (χ0) is 25.8. The van der Waals surface area contributed by atoms with Gasteiger partial charge in [-0.2, -0.15) is 13.2 Å². The minimum Gasteiger partial charge on any atom is -0.370 e. The van der Waals surface area contributed by atoms with E-state index in [0.717, 1.165) is 17.0 Å². The van der Waals surface area contributed by atoms with Gasteiger partial charge in [-0.1, -0.05) is 34.6 Å². The van der Waals surface area contributed by atoms with Crippen LogP contribution >= 0.6 is 0 Å². The number of alkyl halides is 3. The van der Waals surface area contributed by atoms with Crippen LogP contribution in [0.4, 0.5) is 24.5 Å². The SMILES string of the molecule is CC(C)CN(CC(C)(C)C)[C@H](C(N)=O)C(=O)Nc1ccc(N2CCOCC2=O)c(C(F)(F)F)c1. The molecule has 1 atom stereocenters. The number of amides is 3. The van der Waals surface area contributed by atoms with Gasteiger partial charge >= 0.3 is 6.18 Å². The molecule has 0 spiro atoms. The highest BCUT2D eigenvalue weighted by Gasteiger charge is 2.38. The van der Waals surface area contributed by atoms with E-state index >= 15 is 0 Å². The fourth-order valence-corrected chi connectivity index (χ4v) is 3.87. The highest BCUT2D eigenvalue weighted by molar-refractivity contribution is 6.09. The Kier molecular flexibility index (Phi) is 8.70. The summed E-state index contributed by atoms with van der Waals surface area (Å²) in [4.78, 5) is 40.0. The number of hydrogen-bond donors (Lipinski definition) is 2. The maximum absolute atomic E-state index is 13.8. The molecule has 11 heteroatoms. The average molecular weight is 487 g/mol. The van der Waals surface area contributed by atoms with E-state index in [1.165, 1.54) is 6.07 Å². The number of rotatable bonds is 8. The van der Waals surface area contributed by atoms with Gasteiger partial charge in [-0.15, -0.1) is 0 Å². The lowest BCUT2D eigenvalue weighted by atomic mass is 9.94. The second-order valence-corrected chi connectivity index (χ2v) is 10.0. The molecule has 0 unspecified atom stereocenters. The summed E-state index contributed by atoms with van der Waals surface area (Å²) in [6.45, 7) is 10.2. The molecule has 2 rings (SSSR count).